The molecule has 3 heterocycles. The van der Waals surface area contributed by atoms with E-state index in [1.807, 2.05) is 23.1 Å². The molecule has 0 aliphatic carbocycles. The van der Waals surface area contributed by atoms with E-state index in [1.165, 1.54) is 11.1 Å². The molecular weight excluding hydrogens is 476 g/mol. The van der Waals surface area contributed by atoms with Crippen LogP contribution in [0.4, 0.5) is 5.69 Å². The Hall–Kier alpha value is -3.35. The molecule has 2 atom stereocenters. The minimum atomic E-state index is -0.244. The highest BCUT2D eigenvalue weighted by atomic mass is 35.5. The molecule has 0 spiro atoms. The summed E-state index contributed by atoms with van der Waals surface area (Å²) in [5, 5.41) is 15.3. The molecule has 5 rings (SSSR count). The average Bonchev–Trinajstić information content (AvgIpc) is 3.33. The van der Waals surface area contributed by atoms with Gasteiger partial charge in [0, 0.05) is 28.3 Å². The minimum Gasteiger partial charge on any atom is -0.506 e. The maximum atomic E-state index is 10.8. The summed E-state index contributed by atoms with van der Waals surface area (Å²) < 4.78 is 2.30. The van der Waals surface area contributed by atoms with Crippen molar-refractivity contribution in [3.05, 3.63) is 106 Å². The largest absolute Gasteiger partial charge is 0.506 e. The highest BCUT2D eigenvalue weighted by Gasteiger charge is 2.43. The standard InChI is InChI=1S/C28H27ClN4OS/c1-16-8-9-17(2)23(13-16)32-18(3)14-21(19(32)4)27-26(22-7-5-6-12-30-22)31-28(35)33(27)24-15-20(29)10-11-25(24)34/h5-15,26-27,34H,1-4H3,(H,31,35). The molecule has 2 aromatic carbocycles. The summed E-state index contributed by atoms with van der Waals surface area (Å²) >= 11 is 12.2. The van der Waals surface area contributed by atoms with E-state index in [0.29, 0.717) is 15.8 Å². The van der Waals surface area contributed by atoms with Crippen molar-refractivity contribution in [3.63, 3.8) is 0 Å². The van der Waals surface area contributed by atoms with Gasteiger partial charge in [-0.25, -0.2) is 0 Å². The Morgan fingerprint density at radius 3 is 2.51 bits per heavy atom. The number of anilines is 1. The zero-order valence-electron chi connectivity index (χ0n) is 20.1. The summed E-state index contributed by atoms with van der Waals surface area (Å²) in [6, 6.07) is 19.2. The first-order chi connectivity index (χ1) is 16.8. The van der Waals surface area contributed by atoms with E-state index in [1.54, 1.807) is 24.4 Å². The molecule has 5 nitrogen and oxygen atoms in total. The molecule has 178 valence electrons. The van der Waals surface area contributed by atoms with Gasteiger partial charge in [-0.3, -0.25) is 4.98 Å². The number of phenols is 1. The number of phenolic OH excluding ortho intramolecular Hbond substituents is 1. The molecule has 0 bridgehead atoms. The molecule has 1 aliphatic heterocycles. The van der Waals surface area contributed by atoms with Crippen molar-refractivity contribution in [2.24, 2.45) is 0 Å². The van der Waals surface area contributed by atoms with Crippen molar-refractivity contribution in [3.8, 4) is 11.4 Å². The predicted molar refractivity (Wildman–Crippen MR) is 146 cm³/mol. The molecule has 1 aliphatic rings. The summed E-state index contributed by atoms with van der Waals surface area (Å²) in [7, 11) is 0. The molecule has 1 saturated heterocycles. The minimum absolute atomic E-state index is 0.119. The number of thiocarbonyl (C=S) groups is 1. The Kier molecular flexibility index (Phi) is 6.03. The van der Waals surface area contributed by atoms with Gasteiger partial charge in [0.25, 0.3) is 0 Å². The van der Waals surface area contributed by atoms with Gasteiger partial charge in [0.2, 0.25) is 0 Å². The predicted octanol–water partition coefficient (Wildman–Crippen LogP) is 6.64. The number of hydrogen-bond acceptors (Lipinski definition) is 3. The molecule has 4 aromatic rings. The fourth-order valence-corrected chi connectivity index (χ4v) is 5.54. The van der Waals surface area contributed by atoms with E-state index in [0.717, 1.165) is 28.3 Å². The first kappa shape index (κ1) is 23.4. The summed E-state index contributed by atoms with van der Waals surface area (Å²) in [6.07, 6.45) is 1.79. The zero-order valence-corrected chi connectivity index (χ0v) is 21.7. The van der Waals surface area contributed by atoms with Crippen LogP contribution in [-0.4, -0.2) is 19.8 Å². The van der Waals surface area contributed by atoms with Crippen molar-refractivity contribution in [2.75, 3.05) is 4.90 Å². The van der Waals surface area contributed by atoms with Crippen LogP contribution >= 0.6 is 23.8 Å². The highest BCUT2D eigenvalue weighted by Crippen LogP contribution is 2.46. The third-order valence-corrected chi connectivity index (χ3v) is 7.24. The van der Waals surface area contributed by atoms with E-state index < -0.39 is 0 Å². The maximum Gasteiger partial charge on any atom is 0.174 e. The number of hydrogen-bond donors (Lipinski definition) is 2. The lowest BCUT2D eigenvalue weighted by Crippen LogP contribution is -2.29. The molecular formula is C28H27ClN4OS. The van der Waals surface area contributed by atoms with Crippen LogP contribution in [0.15, 0.2) is 66.9 Å². The molecule has 0 radical (unpaired) electrons. The van der Waals surface area contributed by atoms with E-state index in [9.17, 15) is 5.11 Å². The number of halogens is 1. The van der Waals surface area contributed by atoms with Crippen LogP contribution in [0.5, 0.6) is 5.75 Å². The smallest absolute Gasteiger partial charge is 0.174 e. The van der Waals surface area contributed by atoms with E-state index >= 15 is 0 Å². The van der Waals surface area contributed by atoms with Gasteiger partial charge >= 0.3 is 0 Å². The lowest BCUT2D eigenvalue weighted by atomic mass is 9.96. The molecule has 0 saturated carbocycles. The topological polar surface area (TPSA) is 53.3 Å². The number of aryl methyl sites for hydroxylation is 3. The summed E-state index contributed by atoms with van der Waals surface area (Å²) in [4.78, 5) is 6.60. The van der Waals surface area contributed by atoms with Gasteiger partial charge in [-0.1, -0.05) is 29.8 Å². The van der Waals surface area contributed by atoms with Gasteiger partial charge < -0.3 is 19.9 Å². The lowest BCUT2D eigenvalue weighted by Gasteiger charge is -2.29. The van der Waals surface area contributed by atoms with E-state index in [-0.39, 0.29) is 17.8 Å². The number of aromatic hydroxyl groups is 1. The first-order valence-corrected chi connectivity index (χ1v) is 12.3. The van der Waals surface area contributed by atoms with Crippen LogP contribution in [0.2, 0.25) is 5.02 Å². The third-order valence-electron chi connectivity index (χ3n) is 6.69. The van der Waals surface area contributed by atoms with Crippen molar-refractivity contribution in [1.82, 2.24) is 14.9 Å². The summed E-state index contributed by atoms with van der Waals surface area (Å²) in [5.74, 6) is 0.119. The summed E-state index contributed by atoms with van der Waals surface area (Å²) in [5.41, 5.74) is 8.35. The fourth-order valence-electron chi connectivity index (χ4n) is 5.04. The van der Waals surface area contributed by atoms with Crippen LogP contribution in [-0.2, 0) is 0 Å². The van der Waals surface area contributed by atoms with Crippen LogP contribution in [0.3, 0.4) is 0 Å². The van der Waals surface area contributed by atoms with Crippen LogP contribution < -0.4 is 10.2 Å². The number of pyridine rings is 1. The Morgan fingerprint density at radius 2 is 1.77 bits per heavy atom. The molecule has 35 heavy (non-hydrogen) atoms. The van der Waals surface area contributed by atoms with Gasteiger partial charge in [-0.05, 0) is 99.1 Å². The Morgan fingerprint density at radius 1 is 0.971 bits per heavy atom. The van der Waals surface area contributed by atoms with E-state index in [4.69, 9.17) is 23.8 Å². The number of nitrogens with zero attached hydrogens (tertiary/aromatic N) is 3. The van der Waals surface area contributed by atoms with Gasteiger partial charge in [0.1, 0.15) is 5.75 Å². The second-order valence-corrected chi connectivity index (χ2v) is 9.90. The molecule has 7 heteroatoms. The third kappa shape index (κ3) is 4.07. The van der Waals surface area contributed by atoms with Crippen molar-refractivity contribution in [1.29, 1.82) is 0 Å². The normalized spacial score (nSPS) is 17.6. The zero-order chi connectivity index (χ0) is 24.9. The fraction of sp³-hybridized carbons (Fsp3) is 0.214. The van der Waals surface area contributed by atoms with Gasteiger partial charge in [0.15, 0.2) is 5.11 Å². The Balaban J connectivity index is 1.73. The van der Waals surface area contributed by atoms with Crippen LogP contribution in [0.1, 0.15) is 45.9 Å². The molecule has 2 aromatic heterocycles. The number of benzene rings is 2. The number of aromatic nitrogens is 2. The number of rotatable bonds is 4. The van der Waals surface area contributed by atoms with E-state index in [2.05, 4.69) is 66.8 Å². The van der Waals surface area contributed by atoms with Crippen molar-refractivity contribution >= 4 is 34.6 Å². The summed E-state index contributed by atoms with van der Waals surface area (Å²) in [6.45, 7) is 8.50. The van der Waals surface area contributed by atoms with Crippen LogP contribution in [0.25, 0.3) is 5.69 Å². The monoisotopic (exact) mass is 502 g/mol. The number of nitrogens with one attached hydrogen (secondary N) is 1. The average molecular weight is 503 g/mol. The Labute approximate surface area is 216 Å². The molecule has 0 amide bonds. The molecule has 1 fully saturated rings. The second kappa shape index (κ2) is 9.02. The second-order valence-electron chi connectivity index (χ2n) is 9.08. The van der Waals surface area contributed by atoms with Crippen molar-refractivity contribution in [2.45, 2.75) is 39.8 Å². The van der Waals surface area contributed by atoms with Gasteiger partial charge in [-0.2, -0.15) is 0 Å². The van der Waals surface area contributed by atoms with Crippen LogP contribution in [0, 0.1) is 27.7 Å². The molecule has 2 unspecified atom stereocenters. The Bertz CT molecular complexity index is 1430. The van der Waals surface area contributed by atoms with Gasteiger partial charge in [-0.15, -0.1) is 0 Å². The van der Waals surface area contributed by atoms with Gasteiger partial charge in [0.05, 0.1) is 23.5 Å². The quantitative estimate of drug-likeness (QED) is 0.306. The maximum absolute atomic E-state index is 10.8. The lowest BCUT2D eigenvalue weighted by molar-refractivity contribution is 0.472. The highest BCUT2D eigenvalue weighted by molar-refractivity contribution is 7.80. The first-order valence-electron chi connectivity index (χ1n) is 11.5. The SMILES string of the molecule is Cc1ccc(C)c(-n2c(C)cc(C3C(c4ccccn4)NC(=S)N3c3cc(Cl)ccc3O)c2C)c1. The molecule has 2 N–H and O–H groups in total. The van der Waals surface area contributed by atoms with Crippen molar-refractivity contribution < 1.29 is 5.11 Å².